The molecule has 1 aromatic heterocycles. The van der Waals surface area contributed by atoms with Gasteiger partial charge in [-0.3, -0.25) is 9.78 Å². The van der Waals surface area contributed by atoms with E-state index in [2.05, 4.69) is 10.3 Å². The van der Waals surface area contributed by atoms with Crippen molar-refractivity contribution in [2.45, 2.75) is 25.2 Å². The van der Waals surface area contributed by atoms with E-state index in [1.165, 1.54) is 0 Å². The molecule has 1 N–H and O–H groups in total. The zero-order chi connectivity index (χ0) is 16.7. The van der Waals surface area contributed by atoms with Gasteiger partial charge in [-0.15, -0.1) is 0 Å². The second-order valence-corrected chi connectivity index (χ2v) is 9.09. The maximum atomic E-state index is 12.7. The molecule has 2 aliphatic rings. The van der Waals surface area contributed by atoms with E-state index >= 15 is 0 Å². The first-order valence-electron chi connectivity index (χ1n) is 8.40. The molecule has 0 bridgehead atoms. The summed E-state index contributed by atoms with van der Waals surface area (Å²) in [6.45, 7) is 0.410. The van der Waals surface area contributed by atoms with Crippen LogP contribution in [0.5, 0.6) is 0 Å². The van der Waals surface area contributed by atoms with Crippen LogP contribution in [0.25, 0.3) is 10.9 Å². The molecule has 0 radical (unpaired) electrons. The number of nitrogens with zero attached hydrogens (tertiary/aromatic N) is 1. The third-order valence-corrected chi connectivity index (χ3v) is 6.69. The Kier molecular flexibility index (Phi) is 3.79. The molecule has 2 aromatic rings. The summed E-state index contributed by atoms with van der Waals surface area (Å²) in [5, 5.41) is 3.77. The molecule has 1 saturated carbocycles. The molecular weight excluding hydrogens is 324 g/mol. The van der Waals surface area contributed by atoms with E-state index in [1.54, 1.807) is 0 Å². The minimum Gasteiger partial charge on any atom is -0.352 e. The summed E-state index contributed by atoms with van der Waals surface area (Å²) in [5.74, 6) is 0.769. The lowest BCUT2D eigenvalue weighted by Crippen LogP contribution is -2.30. The van der Waals surface area contributed by atoms with Crippen molar-refractivity contribution < 1.29 is 13.2 Å². The normalized spacial score (nSPS) is 22.6. The lowest BCUT2D eigenvalue weighted by atomic mass is 10.0. The Morgan fingerprint density at radius 2 is 2.00 bits per heavy atom. The predicted octanol–water partition coefficient (Wildman–Crippen LogP) is 2.28. The van der Waals surface area contributed by atoms with E-state index < -0.39 is 9.84 Å². The molecule has 0 spiro atoms. The van der Waals surface area contributed by atoms with Crippen molar-refractivity contribution in [2.24, 2.45) is 5.92 Å². The molecule has 4 rings (SSSR count). The third-order valence-electron chi connectivity index (χ3n) is 4.85. The highest BCUT2D eigenvalue weighted by atomic mass is 32.2. The van der Waals surface area contributed by atoms with Gasteiger partial charge in [-0.2, -0.15) is 0 Å². The topological polar surface area (TPSA) is 76.1 Å². The zero-order valence-electron chi connectivity index (χ0n) is 13.4. The van der Waals surface area contributed by atoms with Crippen molar-refractivity contribution in [3.8, 4) is 0 Å². The van der Waals surface area contributed by atoms with Crippen LogP contribution >= 0.6 is 0 Å². The van der Waals surface area contributed by atoms with E-state index in [0.717, 1.165) is 29.4 Å². The molecule has 126 valence electrons. The number of benzene rings is 1. The summed E-state index contributed by atoms with van der Waals surface area (Å²) in [4.78, 5) is 17.4. The number of para-hydroxylation sites is 1. The maximum absolute atomic E-state index is 12.7. The van der Waals surface area contributed by atoms with Crippen molar-refractivity contribution in [1.82, 2.24) is 10.3 Å². The molecule has 1 aliphatic heterocycles. The highest BCUT2D eigenvalue weighted by Crippen LogP contribution is 2.40. The Labute approximate surface area is 141 Å². The number of pyridine rings is 1. The fraction of sp³-hybridized carbons (Fsp3) is 0.444. The summed E-state index contributed by atoms with van der Waals surface area (Å²) in [6.07, 6.45) is 2.89. The second-order valence-electron chi connectivity index (χ2n) is 6.87. The van der Waals surface area contributed by atoms with Gasteiger partial charge in [0.1, 0.15) is 0 Å². The van der Waals surface area contributed by atoms with E-state index in [9.17, 15) is 13.2 Å². The van der Waals surface area contributed by atoms with E-state index in [4.69, 9.17) is 0 Å². The fourth-order valence-electron chi connectivity index (χ4n) is 3.34. The molecule has 1 aromatic carbocycles. The van der Waals surface area contributed by atoms with Gasteiger partial charge in [-0.1, -0.05) is 18.2 Å². The van der Waals surface area contributed by atoms with Crippen LogP contribution in [-0.2, 0) is 9.84 Å². The monoisotopic (exact) mass is 344 g/mol. The minimum absolute atomic E-state index is 0.0231. The first-order valence-corrected chi connectivity index (χ1v) is 10.2. The number of nitrogens with one attached hydrogen (secondary N) is 1. The number of carbonyl (C=O) groups excluding carboxylic acids is 1. The Morgan fingerprint density at radius 3 is 2.71 bits per heavy atom. The van der Waals surface area contributed by atoms with Crippen molar-refractivity contribution in [3.63, 3.8) is 0 Å². The van der Waals surface area contributed by atoms with E-state index in [1.807, 2.05) is 30.3 Å². The largest absolute Gasteiger partial charge is 0.352 e. The highest BCUT2D eigenvalue weighted by Gasteiger charge is 2.29. The molecule has 24 heavy (non-hydrogen) atoms. The zero-order valence-corrected chi connectivity index (χ0v) is 14.2. The summed E-state index contributed by atoms with van der Waals surface area (Å²) in [5.41, 5.74) is 2.47. The molecule has 1 amide bonds. The van der Waals surface area contributed by atoms with Gasteiger partial charge in [-0.05, 0) is 37.3 Å². The Hall–Kier alpha value is -1.95. The number of sulfone groups is 1. The first kappa shape index (κ1) is 15.6. The van der Waals surface area contributed by atoms with E-state index in [-0.39, 0.29) is 23.3 Å². The van der Waals surface area contributed by atoms with Crippen molar-refractivity contribution >= 4 is 26.6 Å². The molecule has 1 atom stereocenters. The van der Waals surface area contributed by atoms with Crippen LogP contribution in [0.2, 0.25) is 0 Å². The molecule has 0 unspecified atom stereocenters. The van der Waals surface area contributed by atoms with Gasteiger partial charge in [0.25, 0.3) is 5.91 Å². The fourth-order valence-corrected chi connectivity index (χ4v) is 5.20. The molecule has 2 fully saturated rings. The minimum atomic E-state index is -2.91. The lowest BCUT2D eigenvalue weighted by molar-refractivity contribution is 0.0950. The number of amides is 1. The molecular formula is C18H20N2O3S. The number of rotatable bonds is 4. The number of carbonyl (C=O) groups is 1. The predicted molar refractivity (Wildman–Crippen MR) is 92.8 cm³/mol. The SMILES string of the molecule is O=C(NC[C@H]1CCS(=O)(=O)C1)c1cc(C2CC2)nc2ccccc12. The molecule has 2 heterocycles. The van der Waals surface area contributed by atoms with Crippen LogP contribution in [0.1, 0.15) is 41.2 Å². The summed E-state index contributed by atoms with van der Waals surface area (Å²) >= 11 is 0. The number of aromatic nitrogens is 1. The Balaban J connectivity index is 1.57. The quantitative estimate of drug-likeness (QED) is 0.923. The molecule has 6 heteroatoms. The van der Waals surface area contributed by atoms with Crippen LogP contribution in [-0.4, -0.2) is 37.4 Å². The number of fused-ring (bicyclic) bond motifs is 1. The van der Waals surface area contributed by atoms with Crippen molar-refractivity contribution in [1.29, 1.82) is 0 Å². The van der Waals surface area contributed by atoms with Crippen LogP contribution in [0.3, 0.4) is 0 Å². The second kappa shape index (κ2) is 5.84. The van der Waals surface area contributed by atoms with Gasteiger partial charge in [0.15, 0.2) is 9.84 Å². The van der Waals surface area contributed by atoms with Gasteiger partial charge in [0.2, 0.25) is 0 Å². The average molecular weight is 344 g/mol. The van der Waals surface area contributed by atoms with Crippen LogP contribution in [0.4, 0.5) is 0 Å². The van der Waals surface area contributed by atoms with Crippen molar-refractivity contribution in [3.05, 3.63) is 41.6 Å². The first-order chi connectivity index (χ1) is 11.5. The number of hydrogen-bond donors (Lipinski definition) is 1. The smallest absolute Gasteiger partial charge is 0.252 e. The average Bonchev–Trinajstić information content (AvgIpc) is 3.36. The Morgan fingerprint density at radius 1 is 1.21 bits per heavy atom. The highest BCUT2D eigenvalue weighted by molar-refractivity contribution is 7.91. The van der Waals surface area contributed by atoms with Gasteiger partial charge >= 0.3 is 0 Å². The summed E-state index contributed by atoms with van der Waals surface area (Å²) < 4.78 is 23.1. The molecule has 1 aliphatic carbocycles. The third kappa shape index (κ3) is 3.15. The van der Waals surface area contributed by atoms with Gasteiger partial charge in [0.05, 0.1) is 22.6 Å². The lowest BCUT2D eigenvalue weighted by Gasteiger charge is -2.12. The van der Waals surface area contributed by atoms with Gasteiger partial charge in [-0.25, -0.2) is 8.42 Å². The van der Waals surface area contributed by atoms with E-state index in [0.29, 0.717) is 24.4 Å². The molecule has 5 nitrogen and oxygen atoms in total. The van der Waals surface area contributed by atoms with Gasteiger partial charge < -0.3 is 5.32 Å². The summed E-state index contributed by atoms with van der Waals surface area (Å²) in [7, 11) is -2.91. The van der Waals surface area contributed by atoms with Crippen LogP contribution < -0.4 is 5.32 Å². The van der Waals surface area contributed by atoms with Crippen LogP contribution in [0, 0.1) is 5.92 Å². The number of hydrogen-bond acceptors (Lipinski definition) is 4. The standard InChI is InChI=1S/C18H20N2O3S/c21-18(19-10-12-7-8-24(22,23)11-12)15-9-17(13-5-6-13)20-16-4-2-1-3-14(15)16/h1-4,9,12-13H,5-8,10-11H2,(H,19,21)/t12-/m1/s1. The summed E-state index contributed by atoms with van der Waals surface area (Å²) in [6, 6.07) is 9.58. The Bertz CT molecular complexity index is 904. The van der Waals surface area contributed by atoms with Crippen LogP contribution in [0.15, 0.2) is 30.3 Å². The van der Waals surface area contributed by atoms with Crippen molar-refractivity contribution in [2.75, 3.05) is 18.1 Å². The molecule has 1 saturated heterocycles. The van der Waals surface area contributed by atoms with Gasteiger partial charge in [0, 0.05) is 23.5 Å². The maximum Gasteiger partial charge on any atom is 0.252 e.